The Balaban J connectivity index is 2.00. The van der Waals surface area contributed by atoms with E-state index in [9.17, 15) is 9.59 Å². The van der Waals surface area contributed by atoms with Gasteiger partial charge in [-0.3, -0.25) is 5.41 Å². The normalized spacial score (nSPS) is 14.4. The summed E-state index contributed by atoms with van der Waals surface area (Å²) in [4.78, 5) is 27.0. The molecule has 4 rings (SSSR count). The van der Waals surface area contributed by atoms with Gasteiger partial charge in [0.05, 0.1) is 13.2 Å². The molecule has 0 unspecified atom stereocenters. The molecule has 2 aromatic carbocycles. The highest BCUT2D eigenvalue weighted by molar-refractivity contribution is 8.18. The molecule has 0 spiro atoms. The fourth-order valence-corrected chi connectivity index (χ4v) is 6.45. The molecule has 6 nitrogen and oxygen atoms in total. The molecule has 0 aliphatic carbocycles. The highest BCUT2D eigenvalue weighted by Crippen LogP contribution is 2.49. The summed E-state index contributed by atoms with van der Waals surface area (Å²) in [5.74, 6) is -1.17. The fourth-order valence-electron chi connectivity index (χ4n) is 3.90. The molecule has 1 aliphatic rings. The number of nitrogens with one attached hydrogen (secondary N) is 1. The number of nitrogens with two attached hydrogens (primary N) is 1. The predicted molar refractivity (Wildman–Crippen MR) is 153 cm³/mol. The Bertz CT molecular complexity index is 1480. The van der Waals surface area contributed by atoms with Gasteiger partial charge < -0.3 is 15.2 Å². The molecule has 0 radical (unpaired) electrons. The SMILES string of the molecule is CCOC(=O)C1=C(c2ccccc2Cl)/C(=C\c2sc(N)c(C(=O)OCC)c2-c2ccccc2Cl)SC1=N. The van der Waals surface area contributed by atoms with Gasteiger partial charge in [-0.15, -0.1) is 11.3 Å². The number of carbonyl (C=O) groups excluding carboxylic acids is 2. The van der Waals surface area contributed by atoms with E-state index < -0.39 is 11.9 Å². The largest absolute Gasteiger partial charge is 0.462 e. The Morgan fingerprint density at radius 1 is 0.946 bits per heavy atom. The van der Waals surface area contributed by atoms with E-state index in [0.717, 1.165) is 11.8 Å². The lowest BCUT2D eigenvalue weighted by atomic mass is 9.97. The summed E-state index contributed by atoms with van der Waals surface area (Å²) in [6, 6.07) is 14.2. The van der Waals surface area contributed by atoms with Crippen molar-refractivity contribution in [1.29, 1.82) is 5.41 Å². The van der Waals surface area contributed by atoms with Crippen molar-refractivity contribution < 1.29 is 19.1 Å². The van der Waals surface area contributed by atoms with Crippen LogP contribution in [0.5, 0.6) is 0 Å². The van der Waals surface area contributed by atoms with Crippen molar-refractivity contribution in [2.24, 2.45) is 0 Å². The summed E-state index contributed by atoms with van der Waals surface area (Å²) in [6.07, 6.45) is 1.80. The number of rotatable bonds is 7. The zero-order valence-electron chi connectivity index (χ0n) is 19.9. The van der Waals surface area contributed by atoms with E-state index in [1.165, 1.54) is 11.3 Å². The number of esters is 2. The topological polar surface area (TPSA) is 102 Å². The van der Waals surface area contributed by atoms with E-state index >= 15 is 0 Å². The Labute approximate surface area is 232 Å². The van der Waals surface area contributed by atoms with Gasteiger partial charge in [-0.1, -0.05) is 71.4 Å². The number of nitrogen functional groups attached to an aromatic ring is 1. The van der Waals surface area contributed by atoms with Crippen LogP contribution in [0.2, 0.25) is 10.0 Å². The van der Waals surface area contributed by atoms with Crippen LogP contribution in [-0.4, -0.2) is 30.2 Å². The highest BCUT2D eigenvalue weighted by Gasteiger charge is 2.34. The molecule has 2 heterocycles. The number of hydrogen-bond donors (Lipinski definition) is 2. The first-order valence-electron chi connectivity index (χ1n) is 11.3. The number of allylic oxidation sites excluding steroid dienone is 1. The van der Waals surface area contributed by atoms with Crippen LogP contribution < -0.4 is 5.73 Å². The van der Waals surface area contributed by atoms with Crippen LogP contribution in [0.4, 0.5) is 5.00 Å². The molecule has 1 aromatic heterocycles. The van der Waals surface area contributed by atoms with E-state index in [4.69, 9.17) is 43.8 Å². The van der Waals surface area contributed by atoms with Crippen molar-refractivity contribution in [3.05, 3.63) is 85.1 Å². The maximum absolute atomic E-state index is 12.9. The summed E-state index contributed by atoms with van der Waals surface area (Å²) in [7, 11) is 0. The number of carbonyl (C=O) groups is 2. The lowest BCUT2D eigenvalue weighted by Gasteiger charge is -2.11. The maximum atomic E-state index is 12.9. The van der Waals surface area contributed by atoms with Gasteiger partial charge in [0.2, 0.25) is 0 Å². The van der Waals surface area contributed by atoms with Gasteiger partial charge >= 0.3 is 11.9 Å². The lowest BCUT2D eigenvalue weighted by molar-refractivity contribution is -0.137. The van der Waals surface area contributed by atoms with Crippen LogP contribution in [0.3, 0.4) is 0 Å². The first-order valence-corrected chi connectivity index (χ1v) is 13.7. The van der Waals surface area contributed by atoms with Crippen LogP contribution in [0, 0.1) is 5.41 Å². The quantitative estimate of drug-likeness (QED) is 0.283. The van der Waals surface area contributed by atoms with Gasteiger partial charge in [0.25, 0.3) is 0 Å². The summed E-state index contributed by atoms with van der Waals surface area (Å²) in [6.45, 7) is 3.77. The number of halogens is 2. The third-order valence-corrected chi connectivity index (χ3v) is 7.98. The summed E-state index contributed by atoms with van der Waals surface area (Å²) >= 11 is 15.4. The van der Waals surface area contributed by atoms with Gasteiger partial charge in [-0.25, -0.2) is 9.59 Å². The average Bonchev–Trinajstić information content (AvgIpc) is 3.35. The minimum atomic E-state index is -0.609. The molecule has 0 fully saturated rings. The molecule has 3 aromatic rings. The Morgan fingerprint density at radius 3 is 2.11 bits per heavy atom. The Morgan fingerprint density at radius 2 is 1.51 bits per heavy atom. The zero-order valence-corrected chi connectivity index (χ0v) is 23.0. The molecule has 0 bridgehead atoms. The molecule has 0 atom stereocenters. The summed E-state index contributed by atoms with van der Waals surface area (Å²) < 4.78 is 10.5. The molecular formula is C27H22Cl2N2O4S2. The van der Waals surface area contributed by atoms with E-state index in [2.05, 4.69) is 0 Å². The molecule has 0 saturated heterocycles. The van der Waals surface area contributed by atoms with Crippen molar-refractivity contribution in [3.63, 3.8) is 0 Å². The van der Waals surface area contributed by atoms with Crippen LogP contribution >= 0.6 is 46.3 Å². The van der Waals surface area contributed by atoms with Crippen molar-refractivity contribution in [3.8, 4) is 11.1 Å². The molecule has 37 heavy (non-hydrogen) atoms. The molecule has 0 saturated carbocycles. The maximum Gasteiger partial charge on any atom is 0.341 e. The highest BCUT2D eigenvalue weighted by atomic mass is 35.5. The molecule has 0 amide bonds. The zero-order chi connectivity index (χ0) is 26.7. The molecular weight excluding hydrogens is 551 g/mol. The lowest BCUT2D eigenvalue weighted by Crippen LogP contribution is -2.12. The number of hydrogen-bond acceptors (Lipinski definition) is 8. The molecule has 190 valence electrons. The smallest absolute Gasteiger partial charge is 0.341 e. The second-order valence-electron chi connectivity index (χ2n) is 7.67. The average molecular weight is 574 g/mol. The van der Waals surface area contributed by atoms with Gasteiger partial charge in [-0.2, -0.15) is 0 Å². The third kappa shape index (κ3) is 5.33. The van der Waals surface area contributed by atoms with Crippen LogP contribution in [0.1, 0.15) is 34.6 Å². The van der Waals surface area contributed by atoms with Crippen molar-refractivity contribution in [2.45, 2.75) is 13.8 Å². The van der Waals surface area contributed by atoms with Crippen molar-refractivity contribution in [2.75, 3.05) is 18.9 Å². The molecule has 1 aliphatic heterocycles. The first-order chi connectivity index (χ1) is 17.8. The van der Waals surface area contributed by atoms with Crippen LogP contribution in [0.25, 0.3) is 22.8 Å². The predicted octanol–water partition coefficient (Wildman–Crippen LogP) is 7.56. The number of thioether (sulfide) groups is 1. The number of thiophene rings is 1. The van der Waals surface area contributed by atoms with Crippen molar-refractivity contribution >= 4 is 79.9 Å². The van der Waals surface area contributed by atoms with Crippen LogP contribution in [-0.2, 0) is 14.3 Å². The second-order valence-corrected chi connectivity index (χ2v) is 10.6. The number of ether oxygens (including phenoxy) is 2. The molecule has 3 N–H and O–H groups in total. The van der Waals surface area contributed by atoms with Gasteiger partial charge in [0.1, 0.15) is 21.2 Å². The Hall–Kier alpha value is -3.04. The van der Waals surface area contributed by atoms with Crippen molar-refractivity contribution in [1.82, 2.24) is 0 Å². The van der Waals surface area contributed by atoms with E-state index in [1.54, 1.807) is 62.4 Å². The standard InChI is InChI=1S/C27H22Cl2N2O4S2/c1-3-34-26(32)22-20(14-9-5-7-11-16(14)28)18(36-24(22)30)13-19-21(15-10-6-8-12-17(15)29)23(25(31)37-19)27(33)35-4-2/h5-13,30H,3-4,31H2,1-2H3/b18-13+,30-24?. The van der Waals surface area contributed by atoms with Gasteiger partial charge in [0, 0.05) is 42.1 Å². The van der Waals surface area contributed by atoms with Crippen LogP contribution in [0.15, 0.2) is 59.0 Å². The molecule has 10 heteroatoms. The van der Waals surface area contributed by atoms with E-state index in [0.29, 0.717) is 42.1 Å². The minimum Gasteiger partial charge on any atom is -0.462 e. The first kappa shape index (κ1) is 27.0. The Kier molecular flexibility index (Phi) is 8.44. The van der Waals surface area contributed by atoms with E-state index in [-0.39, 0.29) is 34.4 Å². The fraction of sp³-hybridized carbons (Fsp3) is 0.148. The van der Waals surface area contributed by atoms with Gasteiger partial charge in [0.15, 0.2) is 0 Å². The summed E-state index contributed by atoms with van der Waals surface area (Å²) in [5.41, 5.74) is 8.88. The number of benzene rings is 2. The van der Waals surface area contributed by atoms with Gasteiger partial charge in [-0.05, 0) is 32.1 Å². The number of anilines is 1. The third-order valence-electron chi connectivity index (χ3n) is 5.41. The minimum absolute atomic E-state index is 0.0362. The summed E-state index contributed by atoms with van der Waals surface area (Å²) in [5, 5.41) is 9.75. The monoisotopic (exact) mass is 572 g/mol. The van der Waals surface area contributed by atoms with E-state index in [1.807, 2.05) is 6.07 Å². The second kappa shape index (κ2) is 11.6.